The number of thiophene rings is 1. The molecule has 0 saturated carbocycles. The average molecular weight is 300 g/mol. The lowest BCUT2D eigenvalue weighted by Gasteiger charge is -2.24. The Kier molecular flexibility index (Phi) is 3.39. The van der Waals surface area contributed by atoms with E-state index in [1.807, 2.05) is 36.6 Å². The van der Waals surface area contributed by atoms with Crippen LogP contribution in [0, 0.1) is 6.92 Å². The molecule has 0 fully saturated rings. The summed E-state index contributed by atoms with van der Waals surface area (Å²) in [7, 11) is 1.52. The maximum atomic E-state index is 12.2. The van der Waals surface area contributed by atoms with E-state index in [4.69, 9.17) is 5.73 Å². The van der Waals surface area contributed by atoms with E-state index in [1.54, 1.807) is 11.3 Å². The molecule has 3 rings (SSSR count). The minimum Gasteiger partial charge on any atom is -0.320 e. The Morgan fingerprint density at radius 3 is 2.71 bits per heavy atom. The molecule has 1 unspecified atom stereocenters. The highest BCUT2D eigenvalue weighted by molar-refractivity contribution is 7.10. The van der Waals surface area contributed by atoms with Crippen molar-refractivity contribution in [2.45, 2.75) is 19.4 Å². The number of nitrogens with two attached hydrogens (primary N) is 1. The molecule has 2 aromatic rings. The van der Waals surface area contributed by atoms with Crippen LogP contribution in [0.3, 0.4) is 0 Å². The van der Waals surface area contributed by atoms with Gasteiger partial charge >= 0.3 is 0 Å². The fraction of sp³-hybridized carbons (Fsp3) is 0.250. The zero-order valence-corrected chi connectivity index (χ0v) is 12.7. The molecule has 0 saturated heterocycles. The normalized spacial score (nSPS) is 16.0. The Labute approximate surface area is 127 Å². The Hall–Kier alpha value is -1.98. The third-order valence-corrected chi connectivity index (χ3v) is 5.03. The topological polar surface area (TPSA) is 63.4 Å². The van der Waals surface area contributed by atoms with Crippen LogP contribution < -0.4 is 5.73 Å². The lowest BCUT2D eigenvalue weighted by molar-refractivity contribution is -0.127. The van der Waals surface area contributed by atoms with Crippen molar-refractivity contribution in [2.24, 2.45) is 5.73 Å². The molecule has 2 N–H and O–H groups in total. The van der Waals surface area contributed by atoms with Gasteiger partial charge in [-0.15, -0.1) is 11.3 Å². The third-order valence-electron chi connectivity index (χ3n) is 3.93. The molecule has 0 radical (unpaired) electrons. The zero-order chi connectivity index (χ0) is 15.1. The quantitative estimate of drug-likeness (QED) is 0.865. The summed E-state index contributed by atoms with van der Waals surface area (Å²) in [5, 5.41) is 2.01. The molecule has 0 aliphatic carbocycles. The van der Waals surface area contributed by atoms with Crippen molar-refractivity contribution < 1.29 is 9.59 Å². The fourth-order valence-electron chi connectivity index (χ4n) is 2.57. The van der Waals surface area contributed by atoms with Crippen LogP contribution in [0.1, 0.15) is 38.0 Å². The Bertz CT molecular complexity index is 736. The lowest BCUT2D eigenvalue weighted by Crippen LogP contribution is -2.39. The molecule has 2 amide bonds. The van der Waals surface area contributed by atoms with Gasteiger partial charge in [0.2, 0.25) is 5.91 Å². The van der Waals surface area contributed by atoms with Gasteiger partial charge in [0.15, 0.2) is 0 Å². The van der Waals surface area contributed by atoms with E-state index in [2.05, 4.69) is 0 Å². The second kappa shape index (κ2) is 5.09. The smallest absolute Gasteiger partial charge is 0.260 e. The molecule has 0 bridgehead atoms. The number of fused-ring (bicyclic) bond motifs is 1. The molecule has 1 atom stereocenters. The van der Waals surface area contributed by atoms with Crippen molar-refractivity contribution in [2.75, 3.05) is 7.05 Å². The van der Waals surface area contributed by atoms with Gasteiger partial charge in [0, 0.05) is 17.5 Å². The fourth-order valence-corrected chi connectivity index (χ4v) is 3.53. The molecule has 2 heterocycles. The average Bonchev–Trinajstić information content (AvgIpc) is 2.90. The Morgan fingerprint density at radius 2 is 2.05 bits per heavy atom. The lowest BCUT2D eigenvalue weighted by atomic mass is 9.93. The van der Waals surface area contributed by atoms with Gasteiger partial charge in [-0.1, -0.05) is 12.1 Å². The highest BCUT2D eigenvalue weighted by atomic mass is 32.1. The predicted octanol–water partition coefficient (Wildman–Crippen LogP) is 2.26. The van der Waals surface area contributed by atoms with Gasteiger partial charge in [0.1, 0.15) is 0 Å². The molecule has 1 aromatic heterocycles. The molecule has 21 heavy (non-hydrogen) atoms. The van der Waals surface area contributed by atoms with Gasteiger partial charge in [-0.25, -0.2) is 0 Å². The maximum Gasteiger partial charge on any atom is 0.260 e. The number of amides is 2. The minimum absolute atomic E-state index is 0.168. The number of carbonyl (C=O) groups excluding carboxylic acids is 2. The molecule has 1 aliphatic heterocycles. The minimum atomic E-state index is -0.252. The number of benzene rings is 1. The number of likely N-dealkylation sites (N-methyl/N-ethyl adjacent to an activating group) is 1. The van der Waals surface area contributed by atoms with Gasteiger partial charge in [0.25, 0.3) is 5.91 Å². The van der Waals surface area contributed by atoms with Crippen LogP contribution in [-0.4, -0.2) is 23.8 Å². The number of aryl methyl sites for hydroxylation is 1. The van der Waals surface area contributed by atoms with Crippen LogP contribution in [0.15, 0.2) is 29.6 Å². The van der Waals surface area contributed by atoms with E-state index < -0.39 is 0 Å². The van der Waals surface area contributed by atoms with Gasteiger partial charge in [0.05, 0.1) is 12.5 Å². The van der Waals surface area contributed by atoms with E-state index in [1.165, 1.54) is 11.9 Å². The summed E-state index contributed by atoms with van der Waals surface area (Å²) in [5.74, 6) is -0.420. The van der Waals surface area contributed by atoms with Gasteiger partial charge in [-0.05, 0) is 41.1 Å². The van der Waals surface area contributed by atoms with Crippen molar-refractivity contribution >= 4 is 23.2 Å². The monoisotopic (exact) mass is 300 g/mol. The largest absolute Gasteiger partial charge is 0.320 e. The zero-order valence-electron chi connectivity index (χ0n) is 11.9. The summed E-state index contributed by atoms with van der Waals surface area (Å²) in [5.41, 5.74) is 9.74. The number of rotatable bonds is 2. The summed E-state index contributed by atoms with van der Waals surface area (Å²) in [4.78, 5) is 26.2. The van der Waals surface area contributed by atoms with Gasteiger partial charge < -0.3 is 5.73 Å². The highest BCUT2D eigenvalue weighted by Crippen LogP contribution is 2.30. The number of imide groups is 1. The van der Waals surface area contributed by atoms with Crippen LogP contribution in [0.4, 0.5) is 0 Å². The van der Waals surface area contributed by atoms with E-state index in [0.29, 0.717) is 5.56 Å². The molecule has 4 nitrogen and oxygen atoms in total. The van der Waals surface area contributed by atoms with Crippen LogP contribution in [0.5, 0.6) is 0 Å². The summed E-state index contributed by atoms with van der Waals surface area (Å²) in [6.07, 6.45) is 0.269. The van der Waals surface area contributed by atoms with Crippen molar-refractivity contribution in [1.82, 2.24) is 4.90 Å². The van der Waals surface area contributed by atoms with Crippen molar-refractivity contribution in [3.05, 3.63) is 56.8 Å². The van der Waals surface area contributed by atoms with Crippen LogP contribution in [-0.2, 0) is 11.2 Å². The second-order valence-corrected chi connectivity index (χ2v) is 6.24. The van der Waals surface area contributed by atoms with E-state index in [9.17, 15) is 9.59 Å². The molecule has 1 aromatic carbocycles. The molecular weight excluding hydrogens is 284 g/mol. The number of hydrogen-bond acceptors (Lipinski definition) is 4. The van der Waals surface area contributed by atoms with Crippen LogP contribution in [0.25, 0.3) is 0 Å². The Morgan fingerprint density at radius 1 is 1.29 bits per heavy atom. The molecule has 5 heteroatoms. The van der Waals surface area contributed by atoms with Crippen molar-refractivity contribution in [3.63, 3.8) is 0 Å². The van der Waals surface area contributed by atoms with Gasteiger partial charge in [-0.2, -0.15) is 0 Å². The predicted molar refractivity (Wildman–Crippen MR) is 82.3 cm³/mol. The summed E-state index contributed by atoms with van der Waals surface area (Å²) in [6, 6.07) is 7.37. The maximum absolute atomic E-state index is 12.2. The summed E-state index contributed by atoms with van der Waals surface area (Å²) < 4.78 is 0. The standard InChI is InChI=1S/C16H16N2O2S/c1-9-5-6-21-15(9)14(17)11-4-3-10-8-13(19)18(2)16(20)12(10)7-11/h3-7,14H,8,17H2,1-2H3. The van der Waals surface area contributed by atoms with E-state index in [-0.39, 0.29) is 24.3 Å². The highest BCUT2D eigenvalue weighted by Gasteiger charge is 2.28. The van der Waals surface area contributed by atoms with Crippen molar-refractivity contribution in [1.29, 1.82) is 0 Å². The first-order chi connectivity index (χ1) is 9.99. The summed E-state index contributed by atoms with van der Waals surface area (Å²) >= 11 is 1.62. The molecular formula is C16H16N2O2S. The molecule has 108 valence electrons. The number of carbonyl (C=O) groups is 2. The Balaban J connectivity index is 2.02. The first-order valence-electron chi connectivity index (χ1n) is 6.72. The first kappa shape index (κ1) is 14.0. The summed E-state index contributed by atoms with van der Waals surface area (Å²) in [6.45, 7) is 2.03. The van der Waals surface area contributed by atoms with E-state index >= 15 is 0 Å². The van der Waals surface area contributed by atoms with Crippen molar-refractivity contribution in [3.8, 4) is 0 Å². The number of nitrogens with zero attached hydrogens (tertiary/aromatic N) is 1. The SMILES string of the molecule is Cc1ccsc1C(N)c1ccc2c(c1)C(=O)N(C)C(=O)C2. The second-order valence-electron chi connectivity index (χ2n) is 5.30. The van der Waals surface area contributed by atoms with E-state index in [0.717, 1.165) is 21.6 Å². The third kappa shape index (κ3) is 2.28. The molecule has 0 spiro atoms. The van der Waals surface area contributed by atoms with Crippen LogP contribution in [0.2, 0.25) is 0 Å². The van der Waals surface area contributed by atoms with Crippen LogP contribution >= 0.6 is 11.3 Å². The molecule has 1 aliphatic rings. The van der Waals surface area contributed by atoms with Gasteiger partial charge in [-0.3, -0.25) is 14.5 Å². The number of hydrogen-bond donors (Lipinski definition) is 1. The first-order valence-corrected chi connectivity index (χ1v) is 7.60.